The Hall–Kier alpha value is -4.01. The van der Waals surface area contributed by atoms with Crippen LogP contribution in [0.5, 0.6) is 5.75 Å². The molecule has 0 bridgehead atoms. The Kier molecular flexibility index (Phi) is 12.5. The SMILES string of the molecule is C=C(C)C(=O)OCCCCc1cc(CCCCOC(O)C(C)C)cc2cc(-c3ccc(OC(=O)C(=C)C)cc3)c(=O)oc12. The van der Waals surface area contributed by atoms with E-state index in [4.69, 9.17) is 18.6 Å². The zero-order chi connectivity index (χ0) is 31.5. The molecule has 3 rings (SSSR count). The fraction of sp³-hybridized carbons (Fsp3) is 0.400. The number of carbonyl (C=O) groups excluding carboxylic acids is 2. The Morgan fingerprint density at radius 3 is 2.19 bits per heavy atom. The van der Waals surface area contributed by atoms with Gasteiger partial charge in [-0.05, 0) is 93.3 Å². The third-order valence-electron chi connectivity index (χ3n) is 6.83. The van der Waals surface area contributed by atoms with Crippen LogP contribution in [0.25, 0.3) is 22.1 Å². The smallest absolute Gasteiger partial charge is 0.344 e. The fourth-order valence-electron chi connectivity index (χ4n) is 4.34. The molecule has 1 unspecified atom stereocenters. The minimum absolute atomic E-state index is 0.0405. The average Bonchev–Trinajstić information content (AvgIpc) is 2.96. The van der Waals surface area contributed by atoms with Crippen molar-refractivity contribution in [2.75, 3.05) is 13.2 Å². The first kappa shape index (κ1) is 33.5. The van der Waals surface area contributed by atoms with E-state index in [-0.39, 0.29) is 12.5 Å². The number of carbonyl (C=O) groups is 2. The molecule has 0 amide bonds. The second-order valence-corrected chi connectivity index (χ2v) is 11.2. The van der Waals surface area contributed by atoms with Crippen LogP contribution >= 0.6 is 0 Å². The summed E-state index contributed by atoms with van der Waals surface area (Å²) in [6, 6.07) is 12.6. The molecule has 0 spiro atoms. The molecule has 2 aromatic carbocycles. The first-order valence-corrected chi connectivity index (χ1v) is 14.7. The molecule has 0 aliphatic carbocycles. The van der Waals surface area contributed by atoms with Crippen molar-refractivity contribution >= 4 is 22.9 Å². The third kappa shape index (κ3) is 10.0. The van der Waals surface area contributed by atoms with Gasteiger partial charge in [-0.15, -0.1) is 0 Å². The highest BCUT2D eigenvalue weighted by Crippen LogP contribution is 2.28. The molecule has 0 radical (unpaired) electrons. The van der Waals surface area contributed by atoms with E-state index < -0.39 is 23.9 Å². The van der Waals surface area contributed by atoms with Gasteiger partial charge >= 0.3 is 17.6 Å². The van der Waals surface area contributed by atoms with Crippen LogP contribution in [0.3, 0.4) is 0 Å². The molecule has 3 aromatic rings. The summed E-state index contributed by atoms with van der Waals surface area (Å²) in [6.45, 7) is 14.9. The summed E-state index contributed by atoms with van der Waals surface area (Å²) in [5.74, 6) is -0.531. The lowest BCUT2D eigenvalue weighted by Crippen LogP contribution is -2.19. The van der Waals surface area contributed by atoms with E-state index in [0.29, 0.717) is 53.1 Å². The first-order chi connectivity index (χ1) is 20.5. The highest BCUT2D eigenvalue weighted by molar-refractivity contribution is 5.89. The molecule has 0 saturated heterocycles. The summed E-state index contributed by atoms with van der Waals surface area (Å²) in [5, 5.41) is 10.7. The molecule has 1 atom stereocenters. The molecule has 8 nitrogen and oxygen atoms in total. The Morgan fingerprint density at radius 2 is 1.53 bits per heavy atom. The largest absolute Gasteiger partial charge is 0.462 e. The minimum atomic E-state index is -0.768. The van der Waals surface area contributed by atoms with Gasteiger partial charge in [0.05, 0.1) is 12.2 Å². The predicted molar refractivity (Wildman–Crippen MR) is 167 cm³/mol. The quantitative estimate of drug-likeness (QED) is 0.0490. The van der Waals surface area contributed by atoms with Gasteiger partial charge in [-0.3, -0.25) is 0 Å². The van der Waals surface area contributed by atoms with E-state index >= 15 is 0 Å². The average molecular weight is 591 g/mol. The summed E-state index contributed by atoms with van der Waals surface area (Å²) in [4.78, 5) is 36.6. The Morgan fingerprint density at radius 1 is 0.884 bits per heavy atom. The van der Waals surface area contributed by atoms with Crippen molar-refractivity contribution < 1.29 is 33.3 Å². The van der Waals surface area contributed by atoms with Crippen molar-refractivity contribution in [2.45, 2.75) is 72.5 Å². The number of rotatable bonds is 16. The van der Waals surface area contributed by atoms with E-state index in [2.05, 4.69) is 19.2 Å². The summed E-state index contributed by atoms with van der Waals surface area (Å²) >= 11 is 0. The van der Waals surface area contributed by atoms with Gasteiger partial charge in [-0.25, -0.2) is 14.4 Å². The number of esters is 2. The van der Waals surface area contributed by atoms with Gasteiger partial charge in [0.15, 0.2) is 6.29 Å². The van der Waals surface area contributed by atoms with E-state index in [9.17, 15) is 19.5 Å². The van der Waals surface area contributed by atoms with E-state index in [1.165, 1.54) is 0 Å². The topological polar surface area (TPSA) is 112 Å². The number of unbranched alkanes of at least 4 members (excludes halogenated alkanes) is 2. The van der Waals surface area contributed by atoms with Crippen LogP contribution in [-0.2, 0) is 31.9 Å². The normalized spacial score (nSPS) is 11.9. The van der Waals surface area contributed by atoms with Crippen molar-refractivity contribution in [1.82, 2.24) is 0 Å². The lowest BCUT2D eigenvalue weighted by Gasteiger charge is -2.15. The summed E-state index contributed by atoms with van der Waals surface area (Å²) in [5.41, 5.74) is 3.77. The number of hydrogen-bond donors (Lipinski definition) is 1. The number of ether oxygens (including phenoxy) is 3. The van der Waals surface area contributed by atoms with Crippen LogP contribution < -0.4 is 10.4 Å². The standard InChI is InChI=1S/C35H42O8/c1-22(2)32(36)40-17-9-7-11-25-19-27(12-8-10-18-41-33(37)23(3)4)31-28(20-25)21-30(35(39)43-31)26-13-15-29(16-14-26)42-34(38)24(5)6/h13-16,19-22,32,36H,3,5,7-12,17-18H2,1-2,4,6H3. The molecule has 1 aromatic heterocycles. The third-order valence-corrected chi connectivity index (χ3v) is 6.83. The Bertz CT molecular complexity index is 1500. The van der Waals surface area contributed by atoms with Crippen molar-refractivity contribution in [2.24, 2.45) is 5.92 Å². The van der Waals surface area contributed by atoms with E-state index in [1.807, 2.05) is 26.0 Å². The van der Waals surface area contributed by atoms with Gasteiger partial charge < -0.3 is 23.7 Å². The molecule has 0 fully saturated rings. The van der Waals surface area contributed by atoms with Crippen LogP contribution in [-0.4, -0.2) is 36.5 Å². The molecule has 1 N–H and O–H groups in total. The molecule has 230 valence electrons. The minimum Gasteiger partial charge on any atom is -0.462 e. The van der Waals surface area contributed by atoms with Gasteiger partial charge in [0, 0.05) is 29.1 Å². The number of aryl methyl sites for hydroxylation is 2. The number of aliphatic hydroxyl groups excluding tert-OH is 1. The van der Waals surface area contributed by atoms with Crippen molar-refractivity contribution in [3.05, 3.63) is 88.3 Å². The van der Waals surface area contributed by atoms with Crippen LogP contribution in [0, 0.1) is 5.92 Å². The van der Waals surface area contributed by atoms with E-state index in [0.717, 1.165) is 42.2 Å². The molecule has 0 saturated carbocycles. The van der Waals surface area contributed by atoms with Gasteiger partial charge in [0.25, 0.3) is 0 Å². The molecule has 0 aliphatic heterocycles. The fourth-order valence-corrected chi connectivity index (χ4v) is 4.34. The lowest BCUT2D eigenvalue weighted by atomic mass is 9.97. The van der Waals surface area contributed by atoms with E-state index in [1.54, 1.807) is 38.1 Å². The lowest BCUT2D eigenvalue weighted by molar-refractivity contribution is -0.139. The second-order valence-electron chi connectivity index (χ2n) is 11.2. The monoisotopic (exact) mass is 590 g/mol. The van der Waals surface area contributed by atoms with Crippen LogP contribution in [0.1, 0.15) is 64.5 Å². The van der Waals surface area contributed by atoms with Crippen molar-refractivity contribution in [3.8, 4) is 16.9 Å². The summed E-state index contributed by atoms with van der Waals surface area (Å²) < 4.78 is 21.8. The van der Waals surface area contributed by atoms with Gasteiger partial charge in [0.1, 0.15) is 11.3 Å². The van der Waals surface area contributed by atoms with Crippen LogP contribution in [0.4, 0.5) is 0 Å². The highest BCUT2D eigenvalue weighted by Gasteiger charge is 2.14. The number of fused-ring (bicyclic) bond motifs is 1. The molecular weight excluding hydrogens is 548 g/mol. The molecular formula is C35H42O8. The van der Waals surface area contributed by atoms with Gasteiger partial charge in [-0.2, -0.15) is 0 Å². The molecule has 8 heteroatoms. The predicted octanol–water partition coefficient (Wildman–Crippen LogP) is 6.70. The Balaban J connectivity index is 1.82. The van der Waals surface area contributed by atoms with Crippen LogP contribution in [0.2, 0.25) is 0 Å². The molecule has 1 heterocycles. The zero-order valence-electron chi connectivity index (χ0n) is 25.6. The molecule has 43 heavy (non-hydrogen) atoms. The highest BCUT2D eigenvalue weighted by atomic mass is 16.6. The van der Waals surface area contributed by atoms with Gasteiger partial charge in [0.2, 0.25) is 0 Å². The number of aliphatic hydroxyl groups is 1. The number of hydrogen-bond acceptors (Lipinski definition) is 8. The molecule has 0 aliphatic rings. The summed E-state index contributed by atoms with van der Waals surface area (Å²) in [7, 11) is 0. The second kappa shape index (κ2) is 16.0. The van der Waals surface area contributed by atoms with Crippen molar-refractivity contribution in [1.29, 1.82) is 0 Å². The number of benzene rings is 2. The maximum atomic E-state index is 13.1. The maximum absolute atomic E-state index is 13.1. The van der Waals surface area contributed by atoms with Crippen molar-refractivity contribution in [3.63, 3.8) is 0 Å². The summed E-state index contributed by atoms with van der Waals surface area (Å²) in [6.07, 6.45) is 3.71. The Labute approximate surface area is 253 Å². The zero-order valence-corrected chi connectivity index (χ0v) is 25.6. The van der Waals surface area contributed by atoms with Crippen LogP contribution in [0.15, 0.2) is 76.0 Å². The van der Waals surface area contributed by atoms with Gasteiger partial charge in [-0.1, -0.05) is 45.2 Å². The first-order valence-electron chi connectivity index (χ1n) is 14.7. The maximum Gasteiger partial charge on any atom is 0.344 e.